The van der Waals surface area contributed by atoms with Gasteiger partial charge in [-0.3, -0.25) is 0 Å². The predicted molar refractivity (Wildman–Crippen MR) is 86.8 cm³/mol. The topological polar surface area (TPSA) is 37.4 Å². The fraction of sp³-hybridized carbons (Fsp3) is 0.471. The molecular formula is C17H23N3O. The molecule has 0 atom stereocenters. The first-order valence-corrected chi connectivity index (χ1v) is 7.68. The van der Waals surface area contributed by atoms with Gasteiger partial charge in [-0.1, -0.05) is 38.1 Å². The standard InChI is InChI=1S/C17H23N3O/c1-13(2)18-11-14-12-19-17(20-7-9-21-10-8-20)16-6-4-3-5-15(14)16/h3-6,12-13,18H,7-11H2,1-2H3. The van der Waals surface area contributed by atoms with Crippen LogP contribution in [0.5, 0.6) is 0 Å². The molecule has 1 fully saturated rings. The molecule has 0 unspecified atom stereocenters. The minimum Gasteiger partial charge on any atom is -0.378 e. The van der Waals surface area contributed by atoms with Gasteiger partial charge in [0.05, 0.1) is 13.2 Å². The quantitative estimate of drug-likeness (QED) is 0.937. The summed E-state index contributed by atoms with van der Waals surface area (Å²) in [6.07, 6.45) is 2.02. The zero-order valence-corrected chi connectivity index (χ0v) is 12.8. The van der Waals surface area contributed by atoms with E-state index in [-0.39, 0.29) is 0 Å². The van der Waals surface area contributed by atoms with Crippen molar-refractivity contribution in [1.82, 2.24) is 10.3 Å². The fourth-order valence-corrected chi connectivity index (χ4v) is 2.72. The highest BCUT2D eigenvalue weighted by atomic mass is 16.5. The van der Waals surface area contributed by atoms with Gasteiger partial charge in [0.1, 0.15) is 5.82 Å². The summed E-state index contributed by atoms with van der Waals surface area (Å²) in [7, 11) is 0. The second kappa shape index (κ2) is 6.41. The molecule has 1 saturated heterocycles. The number of hydrogen-bond acceptors (Lipinski definition) is 4. The summed E-state index contributed by atoms with van der Waals surface area (Å²) in [5, 5.41) is 6.01. The minimum absolute atomic E-state index is 0.475. The maximum Gasteiger partial charge on any atom is 0.136 e. The highest BCUT2D eigenvalue weighted by Gasteiger charge is 2.16. The van der Waals surface area contributed by atoms with Gasteiger partial charge in [0.25, 0.3) is 0 Å². The molecule has 1 aliphatic heterocycles. The van der Waals surface area contributed by atoms with Crippen LogP contribution < -0.4 is 10.2 Å². The molecule has 2 aromatic rings. The molecule has 4 heteroatoms. The van der Waals surface area contributed by atoms with Crippen LogP contribution >= 0.6 is 0 Å². The lowest BCUT2D eigenvalue weighted by Crippen LogP contribution is -2.37. The van der Waals surface area contributed by atoms with Crippen molar-refractivity contribution in [2.45, 2.75) is 26.4 Å². The third-order valence-corrected chi connectivity index (χ3v) is 3.87. The van der Waals surface area contributed by atoms with E-state index in [1.165, 1.54) is 16.3 Å². The first kappa shape index (κ1) is 14.3. The molecule has 1 aromatic heterocycles. The van der Waals surface area contributed by atoms with Gasteiger partial charge in [0.15, 0.2) is 0 Å². The van der Waals surface area contributed by atoms with Crippen molar-refractivity contribution in [3.05, 3.63) is 36.0 Å². The summed E-state index contributed by atoms with van der Waals surface area (Å²) in [6, 6.07) is 9.03. The Morgan fingerprint density at radius 1 is 1.19 bits per heavy atom. The lowest BCUT2D eigenvalue weighted by molar-refractivity contribution is 0.122. The van der Waals surface area contributed by atoms with Crippen LogP contribution in [0.25, 0.3) is 10.8 Å². The lowest BCUT2D eigenvalue weighted by atomic mass is 10.1. The number of morpholine rings is 1. The normalized spacial score (nSPS) is 15.9. The average molecular weight is 285 g/mol. The second-order valence-corrected chi connectivity index (χ2v) is 5.79. The Hall–Kier alpha value is -1.65. The van der Waals surface area contributed by atoms with Gasteiger partial charge in [-0.05, 0) is 10.9 Å². The number of pyridine rings is 1. The molecule has 0 radical (unpaired) electrons. The third-order valence-electron chi connectivity index (χ3n) is 3.87. The molecule has 0 aliphatic carbocycles. The summed E-state index contributed by atoms with van der Waals surface area (Å²) in [5.41, 5.74) is 1.26. The second-order valence-electron chi connectivity index (χ2n) is 5.79. The summed E-state index contributed by atoms with van der Waals surface area (Å²) in [5.74, 6) is 1.09. The number of nitrogens with zero attached hydrogens (tertiary/aromatic N) is 2. The monoisotopic (exact) mass is 285 g/mol. The Morgan fingerprint density at radius 2 is 1.90 bits per heavy atom. The van der Waals surface area contributed by atoms with Gasteiger partial charge in [0, 0.05) is 37.3 Å². The molecule has 0 amide bonds. The van der Waals surface area contributed by atoms with Crippen LogP contribution in [0.3, 0.4) is 0 Å². The first-order chi connectivity index (χ1) is 10.3. The van der Waals surface area contributed by atoms with Crippen molar-refractivity contribution in [1.29, 1.82) is 0 Å². The van der Waals surface area contributed by atoms with Crippen molar-refractivity contribution in [2.24, 2.45) is 0 Å². The summed E-state index contributed by atoms with van der Waals surface area (Å²) in [4.78, 5) is 7.06. The van der Waals surface area contributed by atoms with E-state index in [1.54, 1.807) is 0 Å². The van der Waals surface area contributed by atoms with Crippen molar-refractivity contribution < 1.29 is 4.74 Å². The average Bonchev–Trinajstić information content (AvgIpc) is 2.53. The van der Waals surface area contributed by atoms with E-state index in [0.29, 0.717) is 6.04 Å². The Kier molecular flexibility index (Phi) is 4.36. The first-order valence-electron chi connectivity index (χ1n) is 7.68. The molecule has 21 heavy (non-hydrogen) atoms. The molecule has 0 saturated carbocycles. The van der Waals surface area contributed by atoms with Crippen LogP contribution in [0.15, 0.2) is 30.5 Å². The number of aromatic nitrogens is 1. The molecule has 2 heterocycles. The smallest absolute Gasteiger partial charge is 0.136 e. The number of fused-ring (bicyclic) bond motifs is 1. The van der Waals surface area contributed by atoms with Crippen molar-refractivity contribution in [2.75, 3.05) is 31.2 Å². The van der Waals surface area contributed by atoms with Crippen molar-refractivity contribution in [3.63, 3.8) is 0 Å². The number of nitrogens with one attached hydrogen (secondary N) is 1. The van der Waals surface area contributed by atoms with E-state index in [0.717, 1.165) is 38.7 Å². The Morgan fingerprint density at radius 3 is 2.62 bits per heavy atom. The lowest BCUT2D eigenvalue weighted by Gasteiger charge is -2.29. The van der Waals surface area contributed by atoms with Crippen LogP contribution in [-0.4, -0.2) is 37.3 Å². The van der Waals surface area contributed by atoms with Gasteiger partial charge in [-0.15, -0.1) is 0 Å². The zero-order valence-electron chi connectivity index (χ0n) is 12.8. The Bertz CT molecular complexity index is 606. The molecular weight excluding hydrogens is 262 g/mol. The maximum atomic E-state index is 5.44. The van der Waals surface area contributed by atoms with E-state index in [2.05, 4.69) is 48.3 Å². The third kappa shape index (κ3) is 3.17. The zero-order chi connectivity index (χ0) is 14.7. The minimum atomic E-state index is 0.475. The maximum absolute atomic E-state index is 5.44. The number of hydrogen-bond donors (Lipinski definition) is 1. The van der Waals surface area contributed by atoms with Crippen LogP contribution in [0.2, 0.25) is 0 Å². The number of anilines is 1. The van der Waals surface area contributed by atoms with Gasteiger partial charge < -0.3 is 15.0 Å². The Balaban J connectivity index is 1.97. The van der Waals surface area contributed by atoms with Gasteiger partial charge in [0.2, 0.25) is 0 Å². The molecule has 112 valence electrons. The van der Waals surface area contributed by atoms with Gasteiger partial charge >= 0.3 is 0 Å². The van der Waals surface area contributed by atoms with Gasteiger partial charge in [-0.2, -0.15) is 0 Å². The van der Waals surface area contributed by atoms with Crippen LogP contribution in [0.4, 0.5) is 5.82 Å². The number of ether oxygens (including phenoxy) is 1. The van der Waals surface area contributed by atoms with E-state index in [9.17, 15) is 0 Å². The molecule has 3 rings (SSSR count). The molecule has 4 nitrogen and oxygen atoms in total. The summed E-state index contributed by atoms with van der Waals surface area (Å²) < 4.78 is 5.44. The van der Waals surface area contributed by atoms with Gasteiger partial charge in [-0.25, -0.2) is 4.98 Å². The summed E-state index contributed by atoms with van der Waals surface area (Å²) >= 11 is 0. The predicted octanol–water partition coefficient (Wildman–Crippen LogP) is 2.57. The van der Waals surface area contributed by atoms with E-state index in [1.807, 2.05) is 6.20 Å². The van der Waals surface area contributed by atoms with E-state index < -0.39 is 0 Å². The summed E-state index contributed by atoms with van der Waals surface area (Å²) in [6.45, 7) is 8.59. The number of benzene rings is 1. The van der Waals surface area contributed by atoms with Crippen molar-refractivity contribution in [3.8, 4) is 0 Å². The molecule has 0 bridgehead atoms. The Labute approximate surface area is 126 Å². The van der Waals surface area contributed by atoms with E-state index >= 15 is 0 Å². The molecule has 1 aliphatic rings. The highest BCUT2D eigenvalue weighted by molar-refractivity contribution is 5.94. The largest absolute Gasteiger partial charge is 0.378 e. The van der Waals surface area contributed by atoms with Crippen LogP contribution in [0.1, 0.15) is 19.4 Å². The van der Waals surface area contributed by atoms with Crippen LogP contribution in [0, 0.1) is 0 Å². The molecule has 1 N–H and O–H groups in total. The van der Waals surface area contributed by atoms with Crippen LogP contribution in [-0.2, 0) is 11.3 Å². The van der Waals surface area contributed by atoms with Crippen molar-refractivity contribution >= 4 is 16.6 Å². The molecule has 1 aromatic carbocycles. The SMILES string of the molecule is CC(C)NCc1cnc(N2CCOCC2)c2ccccc12. The van der Waals surface area contributed by atoms with E-state index in [4.69, 9.17) is 9.72 Å². The number of rotatable bonds is 4. The molecule has 0 spiro atoms. The fourth-order valence-electron chi connectivity index (χ4n) is 2.72. The highest BCUT2D eigenvalue weighted by Crippen LogP contribution is 2.27.